The summed E-state index contributed by atoms with van der Waals surface area (Å²) in [4.78, 5) is 0. The fourth-order valence-corrected chi connectivity index (χ4v) is 6.05. The molecule has 0 unspecified atom stereocenters. The third kappa shape index (κ3) is 4.69. The van der Waals surface area contributed by atoms with Crippen LogP contribution in [0, 0.1) is 0 Å². The van der Waals surface area contributed by atoms with Crippen molar-refractivity contribution < 1.29 is 17.7 Å². The Morgan fingerprint density at radius 1 is 0.594 bits per heavy atom. The van der Waals surface area contributed by atoms with Crippen molar-refractivity contribution in [2.75, 3.05) is 0 Å². The smallest absolute Gasteiger partial charge is 0.296 e. The molecule has 4 aromatic carbocycles. The summed E-state index contributed by atoms with van der Waals surface area (Å²) >= 11 is 0. The van der Waals surface area contributed by atoms with Gasteiger partial charge in [0.05, 0.1) is 11.6 Å². The molecule has 0 aliphatic heterocycles. The van der Waals surface area contributed by atoms with Gasteiger partial charge in [-0.1, -0.05) is 78.9 Å². The summed E-state index contributed by atoms with van der Waals surface area (Å²) in [5, 5.41) is 4.58. The molecule has 0 spiro atoms. The van der Waals surface area contributed by atoms with E-state index in [-0.39, 0.29) is 0 Å². The standard InChI is InChI=1S/C26H21F3NOP/c27-26(28,29)22-18-16-21(17-19-22)25(20-10-4-1-5-11-20)30-32(31,23-12-6-2-7-13-23)24-14-8-3-9-15-24/h1-19,25H,(H,30,31)/t25-/m1/s1. The molecule has 0 aliphatic carbocycles. The highest BCUT2D eigenvalue weighted by Crippen LogP contribution is 2.43. The van der Waals surface area contributed by atoms with Crippen molar-refractivity contribution in [3.8, 4) is 0 Å². The van der Waals surface area contributed by atoms with Crippen molar-refractivity contribution in [1.82, 2.24) is 5.09 Å². The second-order valence-electron chi connectivity index (χ2n) is 7.37. The van der Waals surface area contributed by atoms with Crippen molar-refractivity contribution in [2.24, 2.45) is 0 Å². The van der Waals surface area contributed by atoms with E-state index in [1.807, 2.05) is 66.7 Å². The summed E-state index contributed by atoms with van der Waals surface area (Å²) in [7, 11) is -3.33. The molecule has 32 heavy (non-hydrogen) atoms. The van der Waals surface area contributed by atoms with E-state index in [1.165, 1.54) is 12.1 Å². The van der Waals surface area contributed by atoms with E-state index in [2.05, 4.69) is 5.09 Å². The zero-order chi connectivity index (χ0) is 22.6. The SMILES string of the molecule is O=P(N[C@H](c1ccccc1)c1ccc(C(F)(F)F)cc1)(c1ccccc1)c1ccccc1. The van der Waals surface area contributed by atoms with Crippen LogP contribution in [-0.4, -0.2) is 0 Å². The molecule has 0 aromatic heterocycles. The van der Waals surface area contributed by atoms with E-state index >= 15 is 0 Å². The van der Waals surface area contributed by atoms with Crippen LogP contribution in [0.15, 0.2) is 115 Å². The van der Waals surface area contributed by atoms with Gasteiger partial charge in [-0.05, 0) is 47.5 Å². The van der Waals surface area contributed by atoms with Gasteiger partial charge in [0.15, 0.2) is 0 Å². The molecule has 6 heteroatoms. The van der Waals surface area contributed by atoms with Crippen LogP contribution in [0.25, 0.3) is 0 Å². The first kappa shape index (κ1) is 22.1. The summed E-state index contributed by atoms with van der Waals surface area (Å²) in [5.74, 6) is 0. The third-order valence-electron chi connectivity index (χ3n) is 5.25. The van der Waals surface area contributed by atoms with Gasteiger partial charge in [0, 0.05) is 10.6 Å². The quantitative estimate of drug-likeness (QED) is 0.348. The minimum Gasteiger partial charge on any atom is -0.296 e. The van der Waals surface area contributed by atoms with Crippen molar-refractivity contribution in [3.05, 3.63) is 132 Å². The second kappa shape index (κ2) is 9.15. The lowest BCUT2D eigenvalue weighted by Crippen LogP contribution is -2.31. The van der Waals surface area contributed by atoms with Gasteiger partial charge >= 0.3 is 6.18 Å². The highest BCUT2D eigenvalue weighted by molar-refractivity contribution is 7.76. The minimum atomic E-state index is -4.42. The molecule has 4 aromatic rings. The molecule has 4 rings (SSSR count). The van der Waals surface area contributed by atoms with Crippen LogP contribution in [0.2, 0.25) is 0 Å². The van der Waals surface area contributed by atoms with Crippen molar-refractivity contribution >= 4 is 17.9 Å². The Morgan fingerprint density at radius 3 is 1.44 bits per heavy atom. The van der Waals surface area contributed by atoms with E-state index < -0.39 is 25.1 Å². The van der Waals surface area contributed by atoms with Gasteiger partial charge in [0.25, 0.3) is 0 Å². The number of halogens is 3. The molecule has 0 aliphatic rings. The van der Waals surface area contributed by atoms with Crippen molar-refractivity contribution in [1.29, 1.82) is 0 Å². The van der Waals surface area contributed by atoms with Crippen LogP contribution in [0.3, 0.4) is 0 Å². The number of nitrogens with one attached hydrogen (secondary N) is 1. The molecule has 162 valence electrons. The largest absolute Gasteiger partial charge is 0.416 e. The lowest BCUT2D eigenvalue weighted by molar-refractivity contribution is -0.137. The summed E-state index contributed by atoms with van der Waals surface area (Å²) in [6, 6.07) is 31.9. The van der Waals surface area contributed by atoms with Crippen LogP contribution in [0.1, 0.15) is 22.7 Å². The molecule has 0 saturated heterocycles. The van der Waals surface area contributed by atoms with Gasteiger partial charge in [0.2, 0.25) is 7.29 Å². The zero-order valence-electron chi connectivity index (χ0n) is 17.0. The van der Waals surface area contributed by atoms with Gasteiger partial charge < -0.3 is 0 Å². The van der Waals surface area contributed by atoms with E-state index in [0.717, 1.165) is 17.7 Å². The molecule has 0 bridgehead atoms. The number of benzene rings is 4. The number of rotatable bonds is 6. The molecule has 2 nitrogen and oxygen atoms in total. The van der Waals surface area contributed by atoms with Crippen LogP contribution in [0.4, 0.5) is 13.2 Å². The summed E-state index contributed by atoms with van der Waals surface area (Å²) in [6.07, 6.45) is -4.42. The first-order chi connectivity index (χ1) is 15.4. The molecule has 0 saturated carbocycles. The Labute approximate surface area is 185 Å². The molecule has 1 atom stereocenters. The Morgan fingerprint density at radius 2 is 1.00 bits per heavy atom. The Bertz CT molecular complexity index is 1150. The molecule has 1 N–H and O–H groups in total. The van der Waals surface area contributed by atoms with Crippen LogP contribution in [0.5, 0.6) is 0 Å². The molecule has 0 radical (unpaired) electrons. The monoisotopic (exact) mass is 451 g/mol. The van der Waals surface area contributed by atoms with Crippen LogP contribution in [-0.2, 0) is 10.7 Å². The Kier molecular flexibility index (Phi) is 6.31. The lowest BCUT2D eigenvalue weighted by Gasteiger charge is -2.28. The van der Waals surface area contributed by atoms with Gasteiger partial charge in [-0.25, -0.2) is 5.09 Å². The lowest BCUT2D eigenvalue weighted by atomic mass is 9.98. The van der Waals surface area contributed by atoms with Gasteiger partial charge in [-0.3, -0.25) is 4.57 Å². The molecule has 0 fully saturated rings. The van der Waals surface area contributed by atoms with E-state index in [0.29, 0.717) is 16.2 Å². The third-order valence-corrected chi connectivity index (χ3v) is 7.93. The first-order valence-electron chi connectivity index (χ1n) is 10.1. The summed E-state index contributed by atoms with van der Waals surface area (Å²) in [5.41, 5.74) is 0.679. The first-order valence-corrected chi connectivity index (χ1v) is 11.8. The number of hydrogen-bond donors (Lipinski definition) is 1. The van der Waals surface area contributed by atoms with Gasteiger partial charge in [-0.15, -0.1) is 0 Å². The predicted octanol–water partition coefficient (Wildman–Crippen LogP) is 6.31. The normalized spacial score (nSPS) is 13.0. The highest BCUT2D eigenvalue weighted by Gasteiger charge is 2.33. The summed E-state index contributed by atoms with van der Waals surface area (Å²) < 4.78 is 53.8. The van der Waals surface area contributed by atoms with E-state index in [9.17, 15) is 17.7 Å². The van der Waals surface area contributed by atoms with Gasteiger partial charge in [0.1, 0.15) is 0 Å². The summed E-state index contributed by atoms with van der Waals surface area (Å²) in [6.45, 7) is 0. The highest BCUT2D eigenvalue weighted by atomic mass is 31.2. The molecular formula is C26H21F3NOP. The Balaban J connectivity index is 1.83. The maximum atomic E-state index is 14.5. The number of hydrogen-bond acceptors (Lipinski definition) is 1. The van der Waals surface area contributed by atoms with E-state index in [4.69, 9.17) is 0 Å². The average Bonchev–Trinajstić information content (AvgIpc) is 2.83. The number of alkyl halides is 3. The second-order valence-corrected chi connectivity index (χ2v) is 9.88. The fourth-order valence-electron chi connectivity index (χ4n) is 3.61. The maximum Gasteiger partial charge on any atom is 0.416 e. The van der Waals surface area contributed by atoms with Crippen molar-refractivity contribution in [3.63, 3.8) is 0 Å². The predicted molar refractivity (Wildman–Crippen MR) is 123 cm³/mol. The van der Waals surface area contributed by atoms with Gasteiger partial charge in [-0.2, -0.15) is 13.2 Å². The minimum absolute atomic E-state index is 0.579. The molecular weight excluding hydrogens is 430 g/mol. The van der Waals surface area contributed by atoms with Crippen LogP contribution >= 0.6 is 7.29 Å². The fraction of sp³-hybridized carbons (Fsp3) is 0.0769. The molecule has 0 amide bonds. The van der Waals surface area contributed by atoms with E-state index in [1.54, 1.807) is 24.3 Å². The molecule has 0 heterocycles. The van der Waals surface area contributed by atoms with Crippen molar-refractivity contribution in [2.45, 2.75) is 12.2 Å². The van der Waals surface area contributed by atoms with Crippen LogP contribution < -0.4 is 15.7 Å². The zero-order valence-corrected chi connectivity index (χ0v) is 17.9. The Hall–Kier alpha value is -3.14. The average molecular weight is 451 g/mol. The maximum absolute atomic E-state index is 14.5. The topological polar surface area (TPSA) is 29.1 Å².